The predicted molar refractivity (Wildman–Crippen MR) is 72.5 cm³/mol. The average Bonchev–Trinajstić information content (AvgIpc) is 2.32. The summed E-state index contributed by atoms with van der Waals surface area (Å²) in [5.41, 5.74) is 2.33. The van der Waals surface area contributed by atoms with Gasteiger partial charge in [-0.2, -0.15) is 0 Å². The third-order valence-corrected chi connectivity index (χ3v) is 4.22. The Bertz CT molecular complexity index is 374. The standard InChI is InChI=1S/C14H23N3/c1-10-6-7-14(8-15-10)17-9-11(2)16(5)12(3)13(17)4/h6-8,11-13H,9H2,1-5H3. The predicted octanol–water partition coefficient (Wildman–Crippen LogP) is 2.31. The van der Waals surface area contributed by atoms with Gasteiger partial charge in [0.2, 0.25) is 0 Å². The van der Waals surface area contributed by atoms with Crippen LogP contribution in [-0.2, 0) is 0 Å². The Morgan fingerprint density at radius 2 is 1.88 bits per heavy atom. The number of aryl methyl sites for hydroxylation is 1. The number of anilines is 1. The van der Waals surface area contributed by atoms with Gasteiger partial charge in [-0.05, 0) is 46.9 Å². The molecule has 3 atom stereocenters. The molecule has 17 heavy (non-hydrogen) atoms. The van der Waals surface area contributed by atoms with Gasteiger partial charge in [-0.15, -0.1) is 0 Å². The van der Waals surface area contributed by atoms with Crippen molar-refractivity contribution in [2.75, 3.05) is 18.5 Å². The monoisotopic (exact) mass is 233 g/mol. The average molecular weight is 233 g/mol. The molecule has 0 saturated carbocycles. The normalized spacial score (nSPS) is 30.6. The molecule has 2 heterocycles. The van der Waals surface area contributed by atoms with Gasteiger partial charge in [-0.3, -0.25) is 9.88 Å². The lowest BCUT2D eigenvalue weighted by atomic mass is 10.0. The molecule has 0 bridgehead atoms. The van der Waals surface area contributed by atoms with Gasteiger partial charge >= 0.3 is 0 Å². The Hall–Kier alpha value is -1.09. The van der Waals surface area contributed by atoms with E-state index in [0.29, 0.717) is 18.1 Å². The maximum Gasteiger partial charge on any atom is 0.0556 e. The Balaban J connectivity index is 2.23. The van der Waals surface area contributed by atoms with Crippen molar-refractivity contribution in [3.63, 3.8) is 0 Å². The third kappa shape index (κ3) is 2.29. The molecule has 0 N–H and O–H groups in total. The number of piperazine rings is 1. The molecular weight excluding hydrogens is 210 g/mol. The summed E-state index contributed by atoms with van der Waals surface area (Å²) in [4.78, 5) is 9.34. The highest BCUT2D eigenvalue weighted by molar-refractivity contribution is 5.46. The van der Waals surface area contributed by atoms with E-state index in [9.17, 15) is 0 Å². The van der Waals surface area contributed by atoms with Crippen LogP contribution in [0.3, 0.4) is 0 Å². The van der Waals surface area contributed by atoms with Crippen molar-refractivity contribution < 1.29 is 0 Å². The largest absolute Gasteiger partial charge is 0.364 e. The van der Waals surface area contributed by atoms with Crippen LogP contribution in [0.25, 0.3) is 0 Å². The van der Waals surface area contributed by atoms with Crippen LogP contribution < -0.4 is 4.90 Å². The molecule has 3 nitrogen and oxygen atoms in total. The summed E-state index contributed by atoms with van der Waals surface area (Å²) in [7, 11) is 2.22. The van der Waals surface area contributed by atoms with E-state index in [-0.39, 0.29) is 0 Å². The van der Waals surface area contributed by atoms with Crippen molar-refractivity contribution in [2.24, 2.45) is 0 Å². The zero-order valence-corrected chi connectivity index (χ0v) is 11.5. The van der Waals surface area contributed by atoms with E-state index in [4.69, 9.17) is 0 Å². The van der Waals surface area contributed by atoms with Gasteiger partial charge in [0.05, 0.1) is 11.9 Å². The lowest BCUT2D eigenvalue weighted by molar-refractivity contribution is 0.139. The smallest absolute Gasteiger partial charge is 0.0556 e. The topological polar surface area (TPSA) is 19.4 Å². The van der Waals surface area contributed by atoms with Crippen molar-refractivity contribution in [1.29, 1.82) is 0 Å². The van der Waals surface area contributed by atoms with Crippen LogP contribution in [0.5, 0.6) is 0 Å². The van der Waals surface area contributed by atoms with Crippen LogP contribution in [-0.4, -0.2) is 41.6 Å². The van der Waals surface area contributed by atoms with Crippen LogP contribution in [0.2, 0.25) is 0 Å². The first-order valence-corrected chi connectivity index (χ1v) is 6.42. The third-order valence-electron chi connectivity index (χ3n) is 4.22. The van der Waals surface area contributed by atoms with Crippen molar-refractivity contribution in [1.82, 2.24) is 9.88 Å². The van der Waals surface area contributed by atoms with E-state index in [1.807, 2.05) is 13.1 Å². The van der Waals surface area contributed by atoms with Crippen LogP contribution in [0.1, 0.15) is 26.5 Å². The van der Waals surface area contributed by atoms with Gasteiger partial charge in [-0.25, -0.2) is 0 Å². The molecule has 1 aliphatic heterocycles. The van der Waals surface area contributed by atoms with Crippen molar-refractivity contribution in [3.8, 4) is 0 Å². The fourth-order valence-electron chi connectivity index (χ4n) is 2.55. The molecular formula is C14H23N3. The quantitative estimate of drug-likeness (QED) is 0.742. The second-order valence-electron chi connectivity index (χ2n) is 5.31. The van der Waals surface area contributed by atoms with Crippen molar-refractivity contribution in [3.05, 3.63) is 24.0 Å². The molecule has 1 saturated heterocycles. The Labute approximate surface area is 104 Å². The fourth-order valence-corrected chi connectivity index (χ4v) is 2.55. The molecule has 3 heteroatoms. The number of hydrogen-bond donors (Lipinski definition) is 0. The fraction of sp³-hybridized carbons (Fsp3) is 0.643. The summed E-state index contributed by atoms with van der Waals surface area (Å²) in [6.07, 6.45) is 2.00. The van der Waals surface area contributed by atoms with Crippen molar-refractivity contribution >= 4 is 5.69 Å². The Morgan fingerprint density at radius 1 is 1.18 bits per heavy atom. The summed E-state index contributed by atoms with van der Waals surface area (Å²) >= 11 is 0. The van der Waals surface area contributed by atoms with E-state index in [1.54, 1.807) is 0 Å². The molecule has 1 aromatic heterocycles. The summed E-state index contributed by atoms with van der Waals surface area (Å²) < 4.78 is 0. The summed E-state index contributed by atoms with van der Waals surface area (Å²) in [5, 5.41) is 0. The molecule has 0 aliphatic carbocycles. The zero-order valence-electron chi connectivity index (χ0n) is 11.5. The number of hydrogen-bond acceptors (Lipinski definition) is 3. The lowest BCUT2D eigenvalue weighted by Gasteiger charge is -2.48. The first-order valence-electron chi connectivity index (χ1n) is 6.42. The second-order valence-corrected chi connectivity index (χ2v) is 5.31. The molecule has 1 aromatic rings. The van der Waals surface area contributed by atoms with Gasteiger partial charge < -0.3 is 4.90 Å². The minimum absolute atomic E-state index is 0.528. The minimum atomic E-state index is 0.528. The molecule has 0 radical (unpaired) electrons. The summed E-state index contributed by atoms with van der Waals surface area (Å²) in [6, 6.07) is 5.96. The molecule has 1 aliphatic rings. The van der Waals surface area contributed by atoms with Crippen LogP contribution in [0.15, 0.2) is 18.3 Å². The van der Waals surface area contributed by atoms with Crippen LogP contribution in [0, 0.1) is 6.92 Å². The SMILES string of the molecule is Cc1ccc(N2CC(C)N(C)C(C)C2C)cn1. The molecule has 2 rings (SSSR count). The van der Waals surface area contributed by atoms with E-state index < -0.39 is 0 Å². The number of nitrogens with zero attached hydrogens (tertiary/aromatic N) is 3. The molecule has 3 unspecified atom stereocenters. The zero-order chi connectivity index (χ0) is 12.6. The van der Waals surface area contributed by atoms with E-state index in [1.165, 1.54) is 5.69 Å². The maximum atomic E-state index is 4.40. The van der Waals surface area contributed by atoms with E-state index in [2.05, 4.69) is 54.7 Å². The van der Waals surface area contributed by atoms with Gasteiger partial charge in [0.15, 0.2) is 0 Å². The molecule has 0 amide bonds. The molecule has 1 fully saturated rings. The van der Waals surface area contributed by atoms with Crippen molar-refractivity contribution in [2.45, 2.75) is 45.8 Å². The van der Waals surface area contributed by atoms with Gasteiger partial charge in [-0.1, -0.05) is 0 Å². The summed E-state index contributed by atoms with van der Waals surface area (Å²) in [6.45, 7) is 9.99. The molecule has 0 aromatic carbocycles. The van der Waals surface area contributed by atoms with Gasteiger partial charge in [0.1, 0.15) is 0 Å². The number of rotatable bonds is 1. The second kappa shape index (κ2) is 4.65. The highest BCUT2D eigenvalue weighted by atomic mass is 15.3. The first kappa shape index (κ1) is 12.4. The highest BCUT2D eigenvalue weighted by Crippen LogP contribution is 2.25. The van der Waals surface area contributed by atoms with Crippen LogP contribution >= 0.6 is 0 Å². The highest BCUT2D eigenvalue weighted by Gasteiger charge is 2.32. The molecule has 94 valence electrons. The Morgan fingerprint density at radius 3 is 2.47 bits per heavy atom. The molecule has 0 spiro atoms. The van der Waals surface area contributed by atoms with Gasteiger partial charge in [0.25, 0.3) is 0 Å². The van der Waals surface area contributed by atoms with Gasteiger partial charge in [0, 0.05) is 30.4 Å². The maximum absolute atomic E-state index is 4.40. The Kier molecular flexibility index (Phi) is 3.38. The summed E-state index contributed by atoms with van der Waals surface area (Å²) in [5.74, 6) is 0. The lowest BCUT2D eigenvalue weighted by Crippen LogP contribution is -2.60. The van der Waals surface area contributed by atoms with E-state index >= 15 is 0 Å². The number of likely N-dealkylation sites (N-methyl/N-ethyl adjacent to an activating group) is 1. The first-order chi connectivity index (χ1) is 8.00. The van der Waals surface area contributed by atoms with Crippen LogP contribution in [0.4, 0.5) is 5.69 Å². The minimum Gasteiger partial charge on any atom is -0.364 e. The number of aromatic nitrogens is 1. The van der Waals surface area contributed by atoms with E-state index in [0.717, 1.165) is 12.2 Å². The number of pyridine rings is 1.